The number of hydrogen-bond acceptors (Lipinski definition) is 4. The third-order valence-corrected chi connectivity index (χ3v) is 3.05. The van der Waals surface area contributed by atoms with E-state index in [0.717, 1.165) is 28.9 Å². The van der Waals surface area contributed by atoms with Gasteiger partial charge in [-0.05, 0) is 24.6 Å². The molecular formula is C16H15N3O. The first-order valence-electron chi connectivity index (χ1n) is 6.59. The number of rotatable bonds is 4. The first kappa shape index (κ1) is 12.4. The van der Waals surface area contributed by atoms with Crippen molar-refractivity contribution in [3.05, 3.63) is 54.9 Å². The summed E-state index contributed by atoms with van der Waals surface area (Å²) in [6, 6.07) is 13.9. The van der Waals surface area contributed by atoms with Gasteiger partial charge in [0.1, 0.15) is 5.69 Å². The Hall–Kier alpha value is -2.62. The molecule has 2 heterocycles. The zero-order valence-electron chi connectivity index (χ0n) is 11.2. The maximum Gasteiger partial charge on any atom is 0.233 e. The van der Waals surface area contributed by atoms with Crippen molar-refractivity contribution in [2.24, 2.45) is 0 Å². The molecule has 4 heteroatoms. The van der Waals surface area contributed by atoms with E-state index in [1.807, 2.05) is 49.4 Å². The van der Waals surface area contributed by atoms with Gasteiger partial charge in [-0.15, -0.1) is 0 Å². The molecule has 0 spiro atoms. The number of benzene rings is 1. The topological polar surface area (TPSA) is 51.0 Å². The molecule has 0 fully saturated rings. The van der Waals surface area contributed by atoms with Crippen LogP contribution in [0.5, 0.6) is 0 Å². The molecule has 1 N–H and O–H groups in total. The summed E-state index contributed by atoms with van der Waals surface area (Å²) in [5.74, 6) is 0.692. The summed E-state index contributed by atoms with van der Waals surface area (Å²) >= 11 is 0. The monoisotopic (exact) mass is 265 g/mol. The number of pyridine rings is 1. The molecule has 100 valence electrons. The van der Waals surface area contributed by atoms with Crippen LogP contribution in [0.1, 0.15) is 6.92 Å². The smallest absolute Gasteiger partial charge is 0.233 e. The molecule has 0 amide bonds. The van der Waals surface area contributed by atoms with Gasteiger partial charge in [0, 0.05) is 24.5 Å². The van der Waals surface area contributed by atoms with Gasteiger partial charge in [0.05, 0.1) is 5.56 Å². The average molecular weight is 265 g/mol. The lowest BCUT2D eigenvalue weighted by Crippen LogP contribution is -1.96. The van der Waals surface area contributed by atoms with Gasteiger partial charge in [0.15, 0.2) is 0 Å². The summed E-state index contributed by atoms with van der Waals surface area (Å²) in [4.78, 5) is 4.06. The first-order valence-corrected chi connectivity index (χ1v) is 6.59. The van der Waals surface area contributed by atoms with Crippen molar-refractivity contribution < 1.29 is 4.52 Å². The summed E-state index contributed by atoms with van der Waals surface area (Å²) in [7, 11) is 0. The van der Waals surface area contributed by atoms with Crippen LogP contribution in [-0.2, 0) is 0 Å². The van der Waals surface area contributed by atoms with Crippen molar-refractivity contribution in [3.63, 3.8) is 0 Å². The molecular weight excluding hydrogens is 250 g/mol. The van der Waals surface area contributed by atoms with E-state index in [2.05, 4.69) is 15.5 Å². The van der Waals surface area contributed by atoms with Gasteiger partial charge in [-0.3, -0.25) is 4.98 Å². The van der Waals surface area contributed by atoms with Crippen molar-refractivity contribution >= 4 is 5.88 Å². The van der Waals surface area contributed by atoms with Gasteiger partial charge < -0.3 is 9.84 Å². The van der Waals surface area contributed by atoms with Crippen LogP contribution in [0.3, 0.4) is 0 Å². The Balaban J connectivity index is 2.17. The van der Waals surface area contributed by atoms with Crippen molar-refractivity contribution in [1.82, 2.24) is 10.1 Å². The molecule has 0 unspecified atom stereocenters. The van der Waals surface area contributed by atoms with Crippen molar-refractivity contribution in [2.75, 3.05) is 11.9 Å². The van der Waals surface area contributed by atoms with Crippen molar-refractivity contribution in [2.45, 2.75) is 6.92 Å². The molecule has 0 aliphatic carbocycles. The molecule has 0 atom stereocenters. The van der Waals surface area contributed by atoms with E-state index in [0.29, 0.717) is 5.88 Å². The van der Waals surface area contributed by atoms with E-state index in [1.54, 1.807) is 12.4 Å². The minimum absolute atomic E-state index is 0.692. The second-order valence-electron chi connectivity index (χ2n) is 4.37. The predicted molar refractivity (Wildman–Crippen MR) is 79.3 cm³/mol. The molecule has 0 bridgehead atoms. The Morgan fingerprint density at radius 3 is 2.45 bits per heavy atom. The minimum Gasteiger partial charge on any atom is -0.354 e. The van der Waals surface area contributed by atoms with E-state index in [-0.39, 0.29) is 0 Å². The van der Waals surface area contributed by atoms with Crippen LogP contribution in [0.4, 0.5) is 5.88 Å². The Morgan fingerprint density at radius 1 is 1.00 bits per heavy atom. The minimum atomic E-state index is 0.692. The third kappa shape index (κ3) is 2.28. The predicted octanol–water partition coefficient (Wildman–Crippen LogP) is 3.84. The number of hydrogen-bond donors (Lipinski definition) is 1. The number of aromatic nitrogens is 2. The fourth-order valence-electron chi connectivity index (χ4n) is 2.15. The van der Waals surface area contributed by atoms with Gasteiger partial charge in [0.2, 0.25) is 5.88 Å². The van der Waals surface area contributed by atoms with Crippen LogP contribution in [0.15, 0.2) is 59.4 Å². The quantitative estimate of drug-likeness (QED) is 0.778. The fraction of sp³-hybridized carbons (Fsp3) is 0.125. The fourth-order valence-corrected chi connectivity index (χ4v) is 2.15. The molecule has 1 aromatic carbocycles. The van der Waals surface area contributed by atoms with Crippen LogP contribution >= 0.6 is 0 Å². The molecule has 0 saturated carbocycles. The molecule has 0 aliphatic rings. The summed E-state index contributed by atoms with van der Waals surface area (Å²) in [6.45, 7) is 2.81. The Labute approximate surface area is 117 Å². The first-order chi connectivity index (χ1) is 9.90. The van der Waals surface area contributed by atoms with Gasteiger partial charge in [-0.1, -0.05) is 35.5 Å². The van der Waals surface area contributed by atoms with Crippen LogP contribution < -0.4 is 5.32 Å². The number of nitrogens with zero attached hydrogens (tertiary/aromatic N) is 2. The van der Waals surface area contributed by atoms with E-state index < -0.39 is 0 Å². The third-order valence-electron chi connectivity index (χ3n) is 3.05. The zero-order valence-corrected chi connectivity index (χ0v) is 11.2. The highest BCUT2D eigenvalue weighted by Crippen LogP contribution is 2.37. The second kappa shape index (κ2) is 5.57. The Bertz CT molecular complexity index is 677. The number of nitrogens with one attached hydrogen (secondary N) is 1. The van der Waals surface area contributed by atoms with E-state index >= 15 is 0 Å². The molecule has 0 aliphatic heterocycles. The van der Waals surface area contributed by atoms with Crippen LogP contribution in [0, 0.1) is 0 Å². The molecule has 3 aromatic rings. The molecule has 4 nitrogen and oxygen atoms in total. The van der Waals surface area contributed by atoms with Gasteiger partial charge in [-0.2, -0.15) is 0 Å². The zero-order chi connectivity index (χ0) is 13.8. The lowest BCUT2D eigenvalue weighted by molar-refractivity contribution is 0.435. The molecule has 0 radical (unpaired) electrons. The second-order valence-corrected chi connectivity index (χ2v) is 4.37. The largest absolute Gasteiger partial charge is 0.354 e. The van der Waals surface area contributed by atoms with E-state index in [9.17, 15) is 0 Å². The highest BCUT2D eigenvalue weighted by Gasteiger charge is 2.18. The summed E-state index contributed by atoms with van der Waals surface area (Å²) in [5, 5.41) is 7.44. The van der Waals surface area contributed by atoms with E-state index in [4.69, 9.17) is 4.52 Å². The highest BCUT2D eigenvalue weighted by atomic mass is 16.5. The Morgan fingerprint density at radius 2 is 1.75 bits per heavy atom. The van der Waals surface area contributed by atoms with Crippen molar-refractivity contribution in [1.29, 1.82) is 0 Å². The summed E-state index contributed by atoms with van der Waals surface area (Å²) in [6.07, 6.45) is 3.54. The van der Waals surface area contributed by atoms with Crippen molar-refractivity contribution in [3.8, 4) is 22.4 Å². The van der Waals surface area contributed by atoms with Gasteiger partial charge >= 0.3 is 0 Å². The SMILES string of the molecule is CCNc1onc(-c2ccccc2)c1-c1ccncc1. The van der Waals surface area contributed by atoms with Gasteiger partial charge in [-0.25, -0.2) is 0 Å². The van der Waals surface area contributed by atoms with E-state index in [1.165, 1.54) is 0 Å². The van der Waals surface area contributed by atoms with Crippen LogP contribution in [0.2, 0.25) is 0 Å². The standard InChI is InChI=1S/C16H15N3O/c1-2-18-16-14(12-8-10-17-11-9-12)15(19-20-16)13-6-4-3-5-7-13/h3-11,18H,2H2,1H3. The summed E-state index contributed by atoms with van der Waals surface area (Å²) < 4.78 is 5.46. The lowest BCUT2D eigenvalue weighted by Gasteiger charge is -2.05. The average Bonchev–Trinajstić information content (AvgIpc) is 2.93. The maximum absolute atomic E-state index is 5.46. The van der Waals surface area contributed by atoms with Crippen LogP contribution in [-0.4, -0.2) is 16.7 Å². The highest BCUT2D eigenvalue weighted by molar-refractivity contribution is 5.87. The normalized spacial score (nSPS) is 10.4. The number of anilines is 1. The molecule has 3 rings (SSSR count). The molecule has 0 saturated heterocycles. The Kier molecular flexibility index (Phi) is 3.46. The van der Waals surface area contributed by atoms with Crippen LogP contribution in [0.25, 0.3) is 22.4 Å². The lowest BCUT2D eigenvalue weighted by atomic mass is 10.0. The molecule has 20 heavy (non-hydrogen) atoms. The summed E-state index contributed by atoms with van der Waals surface area (Å²) in [5.41, 5.74) is 3.89. The molecule has 2 aromatic heterocycles. The van der Waals surface area contributed by atoms with Gasteiger partial charge in [0.25, 0.3) is 0 Å². The maximum atomic E-state index is 5.46.